The Morgan fingerprint density at radius 3 is 2.73 bits per heavy atom. The topological polar surface area (TPSA) is 71.5 Å². The highest BCUT2D eigenvalue weighted by Gasteiger charge is 2.24. The molecule has 1 aliphatic heterocycles. The third-order valence-corrected chi connectivity index (χ3v) is 5.10. The van der Waals surface area contributed by atoms with Crippen molar-refractivity contribution in [2.24, 2.45) is 0 Å². The first-order valence-electron chi connectivity index (χ1n) is 9.98. The van der Waals surface area contributed by atoms with Gasteiger partial charge in [0.2, 0.25) is 0 Å². The van der Waals surface area contributed by atoms with E-state index in [1.54, 1.807) is 42.2 Å². The zero-order valence-electron chi connectivity index (χ0n) is 16.7. The lowest BCUT2D eigenvalue weighted by Gasteiger charge is -2.19. The van der Waals surface area contributed by atoms with Crippen LogP contribution in [0.4, 0.5) is 15.8 Å². The number of fused-ring (bicyclic) bond motifs is 1. The van der Waals surface area contributed by atoms with Crippen LogP contribution in [0.15, 0.2) is 48.7 Å². The maximum absolute atomic E-state index is 14.0. The quantitative estimate of drug-likeness (QED) is 0.629. The van der Waals surface area contributed by atoms with Gasteiger partial charge in [-0.15, -0.1) is 0 Å². The van der Waals surface area contributed by atoms with Crippen LogP contribution < -0.4 is 5.32 Å². The van der Waals surface area contributed by atoms with E-state index in [9.17, 15) is 14.0 Å². The van der Waals surface area contributed by atoms with Gasteiger partial charge >= 0.3 is 5.97 Å². The molecule has 2 heterocycles. The number of aromatic nitrogens is 1. The molecule has 2 aromatic carbocycles. The molecule has 0 radical (unpaired) electrons. The summed E-state index contributed by atoms with van der Waals surface area (Å²) in [5, 5.41) is 3.72. The zero-order valence-corrected chi connectivity index (χ0v) is 16.7. The number of pyridine rings is 1. The van der Waals surface area contributed by atoms with E-state index < -0.39 is 11.8 Å². The van der Waals surface area contributed by atoms with Crippen molar-refractivity contribution in [1.82, 2.24) is 9.88 Å². The molecule has 154 valence electrons. The van der Waals surface area contributed by atoms with Gasteiger partial charge in [-0.2, -0.15) is 0 Å². The Kier molecular flexibility index (Phi) is 5.61. The van der Waals surface area contributed by atoms with Gasteiger partial charge in [0.05, 0.1) is 28.9 Å². The molecule has 30 heavy (non-hydrogen) atoms. The van der Waals surface area contributed by atoms with Gasteiger partial charge in [-0.05, 0) is 56.2 Å². The minimum Gasteiger partial charge on any atom is -0.462 e. The number of nitrogens with zero attached hydrogens (tertiary/aromatic N) is 2. The SMILES string of the molecule is CCOC(=O)c1cccc(Nc2c(C(=O)N3CCCC3)cnc3ccc(F)cc23)c1. The summed E-state index contributed by atoms with van der Waals surface area (Å²) < 4.78 is 19.1. The Hall–Kier alpha value is -3.48. The van der Waals surface area contributed by atoms with Crippen molar-refractivity contribution >= 4 is 34.2 Å². The van der Waals surface area contributed by atoms with Crippen LogP contribution in [0, 0.1) is 5.82 Å². The lowest BCUT2D eigenvalue weighted by atomic mass is 10.1. The molecule has 0 aliphatic carbocycles. The van der Waals surface area contributed by atoms with E-state index in [1.165, 1.54) is 18.3 Å². The fourth-order valence-electron chi connectivity index (χ4n) is 3.63. The number of carbonyl (C=O) groups excluding carboxylic acids is 2. The van der Waals surface area contributed by atoms with Gasteiger partial charge in [0, 0.05) is 30.4 Å². The molecule has 6 nitrogen and oxygen atoms in total. The molecular formula is C23H22FN3O3. The van der Waals surface area contributed by atoms with Crippen molar-refractivity contribution in [2.75, 3.05) is 25.0 Å². The molecule has 0 atom stereocenters. The van der Waals surface area contributed by atoms with Crippen molar-refractivity contribution in [2.45, 2.75) is 19.8 Å². The van der Waals surface area contributed by atoms with E-state index in [2.05, 4.69) is 10.3 Å². The second-order valence-corrected chi connectivity index (χ2v) is 7.13. The van der Waals surface area contributed by atoms with E-state index in [4.69, 9.17) is 4.74 Å². The van der Waals surface area contributed by atoms with Crippen molar-refractivity contribution in [1.29, 1.82) is 0 Å². The van der Waals surface area contributed by atoms with Crippen LogP contribution in [0.25, 0.3) is 10.9 Å². The van der Waals surface area contributed by atoms with Gasteiger partial charge in [0.15, 0.2) is 0 Å². The van der Waals surface area contributed by atoms with E-state index >= 15 is 0 Å². The summed E-state index contributed by atoms with van der Waals surface area (Å²) in [4.78, 5) is 31.3. The Labute approximate surface area is 173 Å². The van der Waals surface area contributed by atoms with E-state index in [0.29, 0.717) is 46.5 Å². The molecule has 0 unspecified atom stereocenters. The van der Waals surface area contributed by atoms with Crippen LogP contribution >= 0.6 is 0 Å². The van der Waals surface area contributed by atoms with Crippen LogP contribution in [0.1, 0.15) is 40.5 Å². The van der Waals surface area contributed by atoms with Crippen LogP contribution in [-0.2, 0) is 4.74 Å². The minimum atomic E-state index is -0.430. The molecule has 1 amide bonds. The maximum Gasteiger partial charge on any atom is 0.338 e. The molecule has 1 N–H and O–H groups in total. The Bertz CT molecular complexity index is 1110. The number of benzene rings is 2. The second kappa shape index (κ2) is 8.49. The number of halogens is 1. The highest BCUT2D eigenvalue weighted by molar-refractivity contribution is 6.08. The normalized spacial score (nSPS) is 13.5. The van der Waals surface area contributed by atoms with Gasteiger partial charge in [0.1, 0.15) is 5.82 Å². The summed E-state index contributed by atoms with van der Waals surface area (Å²) in [5.74, 6) is -0.992. The fourth-order valence-corrected chi connectivity index (χ4v) is 3.63. The first-order chi connectivity index (χ1) is 14.6. The third-order valence-electron chi connectivity index (χ3n) is 5.10. The Morgan fingerprint density at radius 1 is 1.17 bits per heavy atom. The first kappa shape index (κ1) is 19.8. The molecule has 1 fully saturated rings. The first-order valence-corrected chi connectivity index (χ1v) is 9.98. The molecule has 1 aromatic heterocycles. The molecule has 1 saturated heterocycles. The van der Waals surface area contributed by atoms with Gasteiger partial charge in [-0.25, -0.2) is 9.18 Å². The van der Waals surface area contributed by atoms with Gasteiger partial charge in [-0.3, -0.25) is 9.78 Å². The minimum absolute atomic E-state index is 0.143. The number of carbonyl (C=O) groups is 2. The molecule has 0 bridgehead atoms. The third kappa shape index (κ3) is 3.96. The predicted octanol–water partition coefficient (Wildman–Crippen LogP) is 4.53. The van der Waals surface area contributed by atoms with Crippen LogP contribution in [-0.4, -0.2) is 41.5 Å². The van der Waals surface area contributed by atoms with Crippen molar-refractivity contribution in [3.05, 3.63) is 65.6 Å². The number of esters is 1. The number of ether oxygens (including phenoxy) is 1. The largest absolute Gasteiger partial charge is 0.462 e. The lowest BCUT2D eigenvalue weighted by Crippen LogP contribution is -2.28. The smallest absolute Gasteiger partial charge is 0.338 e. The highest BCUT2D eigenvalue weighted by Crippen LogP contribution is 2.31. The summed E-state index contributed by atoms with van der Waals surface area (Å²) in [6.45, 7) is 3.41. The predicted molar refractivity (Wildman–Crippen MR) is 113 cm³/mol. The molecule has 0 spiro atoms. The Morgan fingerprint density at radius 2 is 1.97 bits per heavy atom. The summed E-state index contributed by atoms with van der Waals surface area (Å²) in [6, 6.07) is 11.1. The van der Waals surface area contributed by atoms with Gasteiger partial charge < -0.3 is 15.0 Å². The lowest BCUT2D eigenvalue weighted by molar-refractivity contribution is 0.0526. The van der Waals surface area contributed by atoms with Crippen LogP contribution in [0.3, 0.4) is 0 Å². The van der Waals surface area contributed by atoms with Crippen LogP contribution in [0.5, 0.6) is 0 Å². The summed E-state index contributed by atoms with van der Waals surface area (Å²) in [7, 11) is 0. The zero-order chi connectivity index (χ0) is 21.1. The molecular weight excluding hydrogens is 385 g/mol. The number of amides is 1. The van der Waals surface area contributed by atoms with Crippen molar-refractivity contribution in [3.63, 3.8) is 0 Å². The average molecular weight is 407 g/mol. The average Bonchev–Trinajstić information content (AvgIpc) is 3.29. The molecule has 3 aromatic rings. The molecule has 0 saturated carbocycles. The second-order valence-electron chi connectivity index (χ2n) is 7.13. The molecule has 4 rings (SSSR count). The number of anilines is 2. The number of hydrogen-bond donors (Lipinski definition) is 1. The summed E-state index contributed by atoms with van der Waals surface area (Å²) in [6.07, 6.45) is 3.45. The number of rotatable bonds is 5. The van der Waals surface area contributed by atoms with Crippen molar-refractivity contribution < 1.29 is 18.7 Å². The molecule has 7 heteroatoms. The van der Waals surface area contributed by atoms with Gasteiger partial charge in [-0.1, -0.05) is 6.07 Å². The molecule has 1 aliphatic rings. The summed E-state index contributed by atoms with van der Waals surface area (Å²) >= 11 is 0. The van der Waals surface area contributed by atoms with E-state index in [0.717, 1.165) is 12.8 Å². The van der Waals surface area contributed by atoms with Gasteiger partial charge in [0.25, 0.3) is 5.91 Å². The Balaban J connectivity index is 1.79. The van der Waals surface area contributed by atoms with Crippen LogP contribution in [0.2, 0.25) is 0 Å². The number of nitrogens with one attached hydrogen (secondary N) is 1. The van der Waals surface area contributed by atoms with Crippen molar-refractivity contribution in [3.8, 4) is 0 Å². The van der Waals surface area contributed by atoms with E-state index in [1.807, 2.05) is 0 Å². The highest BCUT2D eigenvalue weighted by atomic mass is 19.1. The fraction of sp³-hybridized carbons (Fsp3) is 0.261. The standard InChI is InChI=1S/C23H22FN3O3/c1-2-30-23(29)15-6-5-7-17(12-15)26-21-18-13-16(24)8-9-20(18)25-14-19(21)22(28)27-10-3-4-11-27/h5-9,12-14H,2-4,10-11H2,1H3,(H,25,26). The van der Waals surface area contributed by atoms with E-state index in [-0.39, 0.29) is 12.5 Å². The number of likely N-dealkylation sites (tertiary alicyclic amines) is 1. The summed E-state index contributed by atoms with van der Waals surface area (Å²) in [5.41, 5.74) is 2.39. The number of hydrogen-bond acceptors (Lipinski definition) is 5. The maximum atomic E-state index is 14.0. The monoisotopic (exact) mass is 407 g/mol.